The van der Waals surface area contributed by atoms with E-state index in [0.29, 0.717) is 26.2 Å². The normalized spacial score (nSPS) is 16.7. The Morgan fingerprint density at radius 2 is 1.73 bits per heavy atom. The van der Waals surface area contributed by atoms with E-state index < -0.39 is 15.9 Å². The molecule has 140 valence electrons. The molecule has 2 heterocycles. The van der Waals surface area contributed by atoms with Crippen molar-refractivity contribution in [2.45, 2.75) is 18.4 Å². The lowest BCUT2D eigenvalue weighted by Crippen LogP contribution is -2.48. The molecule has 3 rings (SSSR count). The summed E-state index contributed by atoms with van der Waals surface area (Å²) < 4.78 is 31.7. The minimum absolute atomic E-state index is 0.152. The largest absolute Gasteiger partial charge is 0.438 e. The minimum atomic E-state index is -3.74. The van der Waals surface area contributed by atoms with Gasteiger partial charge in [-0.25, -0.2) is 8.42 Å². The van der Waals surface area contributed by atoms with Crippen LogP contribution in [-0.2, 0) is 16.4 Å². The van der Waals surface area contributed by atoms with Gasteiger partial charge in [0, 0.05) is 32.7 Å². The summed E-state index contributed by atoms with van der Waals surface area (Å²) in [4.78, 5) is 13.3. The Morgan fingerprint density at radius 3 is 2.31 bits per heavy atom. The number of piperazine rings is 1. The number of hydrogen-bond acceptors (Lipinski definition) is 5. The number of carbonyl (C=O) groups excluding carboxylic acids is 1. The number of furan rings is 1. The van der Waals surface area contributed by atoms with E-state index in [2.05, 4.69) is 36.1 Å². The standard InChI is InChI=1S/C18H23N3O4S/c1-14-2-4-15(5-3-14)8-9-20-10-12-21(13-11-20)26(23,24)17-7-6-16(25-17)18(19)22/h2-7H,8-13H2,1H3,(H2,19,22). The number of sulfonamides is 1. The molecule has 0 atom stereocenters. The van der Waals surface area contributed by atoms with Crippen LogP contribution in [0.2, 0.25) is 0 Å². The van der Waals surface area contributed by atoms with E-state index in [4.69, 9.17) is 10.2 Å². The maximum Gasteiger partial charge on any atom is 0.284 e. The first-order valence-corrected chi connectivity index (χ1v) is 9.98. The van der Waals surface area contributed by atoms with E-state index in [1.54, 1.807) is 0 Å². The van der Waals surface area contributed by atoms with Gasteiger partial charge in [0.2, 0.25) is 5.09 Å². The lowest BCUT2D eigenvalue weighted by molar-refractivity contribution is 0.0968. The Labute approximate surface area is 153 Å². The maximum atomic E-state index is 12.6. The van der Waals surface area contributed by atoms with Gasteiger partial charge in [0.25, 0.3) is 15.9 Å². The number of benzene rings is 1. The summed E-state index contributed by atoms with van der Waals surface area (Å²) in [5.41, 5.74) is 7.63. The van der Waals surface area contributed by atoms with Crippen LogP contribution in [0.4, 0.5) is 0 Å². The highest BCUT2D eigenvalue weighted by molar-refractivity contribution is 7.89. The lowest BCUT2D eigenvalue weighted by atomic mass is 10.1. The SMILES string of the molecule is Cc1ccc(CCN2CCN(S(=O)(=O)c3ccc(C(N)=O)o3)CC2)cc1. The zero-order valence-electron chi connectivity index (χ0n) is 14.7. The van der Waals surface area contributed by atoms with Gasteiger partial charge >= 0.3 is 0 Å². The molecule has 0 aliphatic carbocycles. The molecule has 1 amide bonds. The van der Waals surface area contributed by atoms with Gasteiger partial charge in [0.1, 0.15) is 0 Å². The summed E-state index contributed by atoms with van der Waals surface area (Å²) in [6.45, 7) is 5.06. The number of carbonyl (C=O) groups is 1. The predicted octanol–water partition coefficient (Wildman–Crippen LogP) is 1.24. The molecule has 0 unspecified atom stereocenters. The third-order valence-electron chi connectivity index (χ3n) is 4.59. The Hall–Kier alpha value is -2.16. The van der Waals surface area contributed by atoms with Gasteiger partial charge in [-0.1, -0.05) is 29.8 Å². The minimum Gasteiger partial charge on any atom is -0.438 e. The first kappa shape index (κ1) is 18.6. The summed E-state index contributed by atoms with van der Waals surface area (Å²) in [5.74, 6) is -0.937. The Balaban J connectivity index is 1.55. The molecule has 1 aromatic carbocycles. The molecule has 0 spiro atoms. The smallest absolute Gasteiger partial charge is 0.284 e. The summed E-state index contributed by atoms with van der Waals surface area (Å²) in [7, 11) is -3.74. The number of aryl methyl sites for hydroxylation is 1. The Morgan fingerprint density at radius 1 is 1.08 bits per heavy atom. The van der Waals surface area contributed by atoms with Gasteiger partial charge < -0.3 is 15.1 Å². The van der Waals surface area contributed by atoms with E-state index in [1.165, 1.54) is 27.6 Å². The number of nitrogens with zero attached hydrogens (tertiary/aromatic N) is 2. The first-order valence-electron chi connectivity index (χ1n) is 8.54. The highest BCUT2D eigenvalue weighted by Crippen LogP contribution is 2.20. The molecule has 0 radical (unpaired) electrons. The van der Waals surface area contributed by atoms with Crippen LogP contribution in [0.3, 0.4) is 0 Å². The van der Waals surface area contributed by atoms with Crippen molar-refractivity contribution >= 4 is 15.9 Å². The van der Waals surface area contributed by atoms with Gasteiger partial charge in [-0.05, 0) is 31.0 Å². The van der Waals surface area contributed by atoms with Crippen LogP contribution in [-0.4, -0.2) is 56.3 Å². The number of nitrogens with two attached hydrogens (primary N) is 1. The molecule has 26 heavy (non-hydrogen) atoms. The maximum absolute atomic E-state index is 12.6. The lowest BCUT2D eigenvalue weighted by Gasteiger charge is -2.33. The van der Waals surface area contributed by atoms with Crippen molar-refractivity contribution in [1.82, 2.24) is 9.21 Å². The van der Waals surface area contributed by atoms with E-state index in [0.717, 1.165) is 13.0 Å². The van der Waals surface area contributed by atoms with Crippen molar-refractivity contribution in [3.63, 3.8) is 0 Å². The molecule has 1 aliphatic heterocycles. The quantitative estimate of drug-likeness (QED) is 0.817. The van der Waals surface area contributed by atoms with Crippen LogP contribution in [0, 0.1) is 6.92 Å². The van der Waals surface area contributed by atoms with Crippen LogP contribution in [0.15, 0.2) is 45.9 Å². The van der Waals surface area contributed by atoms with Gasteiger partial charge in [-0.15, -0.1) is 0 Å². The Bertz CT molecular complexity index is 866. The third-order valence-corrected chi connectivity index (χ3v) is 6.36. The molecule has 0 saturated carbocycles. The monoisotopic (exact) mass is 377 g/mol. The summed E-state index contributed by atoms with van der Waals surface area (Å²) in [6, 6.07) is 11.0. The van der Waals surface area contributed by atoms with E-state index >= 15 is 0 Å². The highest BCUT2D eigenvalue weighted by Gasteiger charge is 2.31. The van der Waals surface area contributed by atoms with Gasteiger partial charge in [0.15, 0.2) is 5.76 Å². The molecular formula is C18H23N3O4S. The fourth-order valence-corrected chi connectivity index (χ4v) is 4.29. The molecule has 1 saturated heterocycles. The van der Waals surface area contributed by atoms with E-state index in [-0.39, 0.29) is 10.9 Å². The Kier molecular flexibility index (Phi) is 5.45. The first-order chi connectivity index (χ1) is 12.4. The second-order valence-corrected chi connectivity index (χ2v) is 8.33. The van der Waals surface area contributed by atoms with E-state index in [1.807, 2.05) is 0 Å². The molecule has 0 bridgehead atoms. The van der Waals surface area contributed by atoms with Gasteiger partial charge in [0.05, 0.1) is 0 Å². The number of amides is 1. The molecule has 7 nitrogen and oxygen atoms in total. The average Bonchev–Trinajstić information content (AvgIpc) is 3.13. The molecule has 1 aromatic heterocycles. The molecule has 2 aromatic rings. The average molecular weight is 377 g/mol. The fraction of sp³-hybridized carbons (Fsp3) is 0.389. The van der Waals surface area contributed by atoms with Crippen LogP contribution in [0.5, 0.6) is 0 Å². The molecule has 8 heteroatoms. The highest BCUT2D eigenvalue weighted by atomic mass is 32.2. The summed E-state index contributed by atoms with van der Waals surface area (Å²) in [5, 5.41) is -0.237. The van der Waals surface area contributed by atoms with Crippen molar-refractivity contribution in [3.05, 3.63) is 53.3 Å². The van der Waals surface area contributed by atoms with Crippen LogP contribution in [0.1, 0.15) is 21.7 Å². The van der Waals surface area contributed by atoms with Crippen molar-refractivity contribution in [1.29, 1.82) is 0 Å². The zero-order chi connectivity index (χ0) is 18.7. The van der Waals surface area contributed by atoms with Crippen molar-refractivity contribution in [2.24, 2.45) is 5.73 Å². The summed E-state index contributed by atoms with van der Waals surface area (Å²) >= 11 is 0. The van der Waals surface area contributed by atoms with Gasteiger partial charge in [-0.2, -0.15) is 4.31 Å². The van der Waals surface area contributed by atoms with Crippen molar-refractivity contribution in [2.75, 3.05) is 32.7 Å². The number of hydrogen-bond donors (Lipinski definition) is 1. The van der Waals surface area contributed by atoms with Gasteiger partial charge in [-0.3, -0.25) is 4.79 Å². The number of primary amides is 1. The molecule has 1 fully saturated rings. The number of rotatable bonds is 6. The predicted molar refractivity (Wildman–Crippen MR) is 97.3 cm³/mol. The topological polar surface area (TPSA) is 96.9 Å². The van der Waals surface area contributed by atoms with Crippen molar-refractivity contribution < 1.29 is 17.6 Å². The molecular weight excluding hydrogens is 354 g/mol. The van der Waals surface area contributed by atoms with E-state index in [9.17, 15) is 13.2 Å². The summed E-state index contributed by atoms with van der Waals surface area (Å²) in [6.07, 6.45) is 0.938. The van der Waals surface area contributed by atoms with Crippen LogP contribution in [0.25, 0.3) is 0 Å². The third kappa shape index (κ3) is 4.14. The second-order valence-electron chi connectivity index (χ2n) is 6.46. The van der Waals surface area contributed by atoms with Crippen molar-refractivity contribution in [3.8, 4) is 0 Å². The zero-order valence-corrected chi connectivity index (χ0v) is 15.5. The fourth-order valence-electron chi connectivity index (χ4n) is 2.95. The second kappa shape index (κ2) is 7.61. The van der Waals surface area contributed by atoms with Crippen LogP contribution < -0.4 is 5.73 Å². The molecule has 2 N–H and O–H groups in total. The molecule has 1 aliphatic rings. The van der Waals surface area contributed by atoms with Crippen LogP contribution >= 0.6 is 0 Å².